The standard InChI is InChI=1S/C13H13ClO3S/c1-18(16,17)12-8-10(13(14)15)6-7-11(12)9-4-2-3-5-9/h2,4,6-9H,3,5H2,1H3. The summed E-state index contributed by atoms with van der Waals surface area (Å²) in [6, 6.07) is 4.63. The second-order valence-electron chi connectivity index (χ2n) is 4.41. The molecule has 1 aliphatic carbocycles. The first-order chi connectivity index (χ1) is 8.39. The van der Waals surface area contributed by atoms with Crippen molar-refractivity contribution < 1.29 is 13.2 Å². The van der Waals surface area contributed by atoms with E-state index in [2.05, 4.69) is 0 Å². The van der Waals surface area contributed by atoms with Crippen LogP contribution in [0.5, 0.6) is 0 Å². The van der Waals surface area contributed by atoms with Crippen LogP contribution >= 0.6 is 11.6 Å². The van der Waals surface area contributed by atoms with Gasteiger partial charge in [0.1, 0.15) is 0 Å². The number of hydrogen-bond acceptors (Lipinski definition) is 3. The zero-order valence-electron chi connectivity index (χ0n) is 9.89. The number of allylic oxidation sites excluding steroid dienone is 2. The van der Waals surface area contributed by atoms with Crippen LogP contribution in [0, 0.1) is 0 Å². The van der Waals surface area contributed by atoms with Gasteiger partial charge in [-0.05, 0) is 42.1 Å². The van der Waals surface area contributed by atoms with E-state index in [1.165, 1.54) is 6.07 Å². The van der Waals surface area contributed by atoms with Gasteiger partial charge in [0.05, 0.1) is 4.90 Å². The fourth-order valence-corrected chi connectivity index (χ4v) is 3.28. The minimum absolute atomic E-state index is 0.106. The third-order valence-corrected chi connectivity index (χ3v) is 4.42. The molecule has 0 spiro atoms. The smallest absolute Gasteiger partial charge is 0.252 e. The van der Waals surface area contributed by atoms with Gasteiger partial charge in [-0.1, -0.05) is 18.2 Å². The second-order valence-corrected chi connectivity index (χ2v) is 6.74. The van der Waals surface area contributed by atoms with Gasteiger partial charge in [-0.25, -0.2) is 8.42 Å². The molecular weight excluding hydrogens is 272 g/mol. The van der Waals surface area contributed by atoms with Crippen LogP contribution in [-0.4, -0.2) is 19.9 Å². The Balaban J connectivity index is 2.59. The monoisotopic (exact) mass is 284 g/mol. The number of carbonyl (C=O) groups excluding carboxylic acids is 1. The van der Waals surface area contributed by atoms with E-state index in [1.807, 2.05) is 12.2 Å². The van der Waals surface area contributed by atoms with Gasteiger partial charge in [-0.15, -0.1) is 0 Å². The Morgan fingerprint density at radius 3 is 2.61 bits per heavy atom. The molecule has 0 saturated carbocycles. The molecule has 0 N–H and O–H groups in total. The molecule has 96 valence electrons. The van der Waals surface area contributed by atoms with Gasteiger partial charge in [0.15, 0.2) is 9.84 Å². The maximum absolute atomic E-state index is 11.8. The fraction of sp³-hybridized carbons (Fsp3) is 0.308. The fourth-order valence-electron chi connectivity index (χ4n) is 2.18. The minimum atomic E-state index is -3.37. The summed E-state index contributed by atoms with van der Waals surface area (Å²) >= 11 is 5.39. The molecular formula is C13H13ClO3S. The van der Waals surface area contributed by atoms with Crippen molar-refractivity contribution in [3.05, 3.63) is 41.5 Å². The van der Waals surface area contributed by atoms with Gasteiger partial charge in [0.25, 0.3) is 5.24 Å². The van der Waals surface area contributed by atoms with E-state index in [1.54, 1.807) is 12.1 Å². The summed E-state index contributed by atoms with van der Waals surface area (Å²) in [5.74, 6) is 0.106. The van der Waals surface area contributed by atoms with Gasteiger partial charge in [-0.2, -0.15) is 0 Å². The summed E-state index contributed by atoms with van der Waals surface area (Å²) in [5.41, 5.74) is 0.954. The van der Waals surface area contributed by atoms with Crippen molar-refractivity contribution in [2.45, 2.75) is 23.7 Å². The van der Waals surface area contributed by atoms with Crippen LogP contribution in [0.15, 0.2) is 35.2 Å². The van der Waals surface area contributed by atoms with Crippen LogP contribution < -0.4 is 0 Å². The van der Waals surface area contributed by atoms with Crippen LogP contribution in [0.2, 0.25) is 0 Å². The highest BCUT2D eigenvalue weighted by Crippen LogP contribution is 2.33. The SMILES string of the molecule is CS(=O)(=O)c1cc(C(=O)Cl)ccc1C1C=CCC1. The molecule has 1 aromatic carbocycles. The number of carbonyl (C=O) groups is 1. The van der Waals surface area contributed by atoms with E-state index in [-0.39, 0.29) is 16.4 Å². The molecule has 0 aliphatic heterocycles. The highest BCUT2D eigenvalue weighted by Gasteiger charge is 2.22. The van der Waals surface area contributed by atoms with Crippen LogP contribution in [0.3, 0.4) is 0 Å². The molecule has 5 heteroatoms. The van der Waals surface area contributed by atoms with Crippen molar-refractivity contribution in [1.29, 1.82) is 0 Å². The van der Waals surface area contributed by atoms with Crippen LogP contribution in [-0.2, 0) is 9.84 Å². The predicted molar refractivity (Wildman–Crippen MR) is 70.9 cm³/mol. The van der Waals surface area contributed by atoms with Crippen molar-refractivity contribution in [2.24, 2.45) is 0 Å². The number of hydrogen-bond donors (Lipinski definition) is 0. The first-order valence-electron chi connectivity index (χ1n) is 5.60. The van der Waals surface area contributed by atoms with Crippen molar-refractivity contribution in [1.82, 2.24) is 0 Å². The Morgan fingerprint density at radius 2 is 2.11 bits per heavy atom. The average molecular weight is 285 g/mol. The summed E-state index contributed by atoms with van der Waals surface area (Å²) in [6.07, 6.45) is 7.04. The summed E-state index contributed by atoms with van der Waals surface area (Å²) in [6.45, 7) is 0. The van der Waals surface area contributed by atoms with Crippen molar-refractivity contribution in [3.63, 3.8) is 0 Å². The lowest BCUT2D eigenvalue weighted by Gasteiger charge is -2.13. The van der Waals surface area contributed by atoms with Gasteiger partial charge >= 0.3 is 0 Å². The summed E-state index contributed by atoms with van der Waals surface area (Å²) in [4.78, 5) is 11.3. The third-order valence-electron chi connectivity index (χ3n) is 3.05. The second kappa shape index (κ2) is 4.86. The summed E-state index contributed by atoms with van der Waals surface area (Å²) < 4.78 is 23.6. The summed E-state index contributed by atoms with van der Waals surface area (Å²) in [5, 5.41) is -0.645. The predicted octanol–water partition coefficient (Wildman–Crippen LogP) is 2.90. The topological polar surface area (TPSA) is 51.2 Å². The van der Waals surface area contributed by atoms with Crippen molar-refractivity contribution in [2.75, 3.05) is 6.26 Å². The molecule has 1 aliphatic rings. The molecule has 0 bridgehead atoms. The number of rotatable bonds is 3. The molecule has 3 nitrogen and oxygen atoms in total. The highest BCUT2D eigenvalue weighted by atomic mass is 35.5. The van der Waals surface area contributed by atoms with Gasteiger partial charge in [0, 0.05) is 17.7 Å². The number of halogens is 1. The Bertz CT molecular complexity index is 617. The Morgan fingerprint density at radius 1 is 1.39 bits per heavy atom. The quantitative estimate of drug-likeness (QED) is 0.633. The molecule has 2 rings (SSSR count). The van der Waals surface area contributed by atoms with Crippen LogP contribution in [0.1, 0.15) is 34.7 Å². The van der Waals surface area contributed by atoms with Gasteiger partial charge < -0.3 is 0 Å². The Labute approximate surface area is 111 Å². The zero-order valence-corrected chi connectivity index (χ0v) is 11.5. The van der Waals surface area contributed by atoms with Gasteiger partial charge in [0.2, 0.25) is 0 Å². The normalized spacial score (nSPS) is 19.1. The molecule has 0 heterocycles. The molecule has 1 atom stereocenters. The zero-order chi connectivity index (χ0) is 13.3. The lowest BCUT2D eigenvalue weighted by molar-refractivity contribution is 0.108. The molecule has 18 heavy (non-hydrogen) atoms. The molecule has 1 unspecified atom stereocenters. The van der Waals surface area contributed by atoms with Gasteiger partial charge in [-0.3, -0.25) is 4.79 Å². The lowest BCUT2D eigenvalue weighted by Crippen LogP contribution is -2.06. The Kier molecular flexibility index (Phi) is 3.59. The van der Waals surface area contributed by atoms with E-state index in [9.17, 15) is 13.2 Å². The molecule has 0 aromatic heterocycles. The first kappa shape index (κ1) is 13.3. The average Bonchev–Trinajstić information content (AvgIpc) is 2.80. The van der Waals surface area contributed by atoms with E-state index in [4.69, 9.17) is 11.6 Å². The molecule has 0 fully saturated rings. The number of sulfone groups is 1. The summed E-state index contributed by atoms with van der Waals surface area (Å²) in [7, 11) is -3.37. The van der Waals surface area contributed by atoms with Crippen LogP contribution in [0.25, 0.3) is 0 Å². The maximum Gasteiger partial charge on any atom is 0.252 e. The van der Waals surface area contributed by atoms with Crippen molar-refractivity contribution >= 4 is 26.7 Å². The molecule has 0 amide bonds. The number of benzene rings is 1. The van der Waals surface area contributed by atoms with E-state index in [0.29, 0.717) is 0 Å². The third kappa shape index (κ3) is 2.65. The van der Waals surface area contributed by atoms with Crippen LogP contribution in [0.4, 0.5) is 0 Å². The first-order valence-corrected chi connectivity index (χ1v) is 7.87. The maximum atomic E-state index is 11.8. The van der Waals surface area contributed by atoms with E-state index >= 15 is 0 Å². The lowest BCUT2D eigenvalue weighted by atomic mass is 9.97. The van der Waals surface area contributed by atoms with E-state index in [0.717, 1.165) is 24.7 Å². The molecule has 0 radical (unpaired) electrons. The molecule has 0 saturated heterocycles. The van der Waals surface area contributed by atoms with Crippen molar-refractivity contribution in [3.8, 4) is 0 Å². The highest BCUT2D eigenvalue weighted by molar-refractivity contribution is 7.90. The minimum Gasteiger partial charge on any atom is -0.276 e. The van der Waals surface area contributed by atoms with E-state index < -0.39 is 15.1 Å². The molecule has 1 aromatic rings. The Hall–Kier alpha value is -1.13. The largest absolute Gasteiger partial charge is 0.276 e.